The maximum atomic E-state index is 5.88. The standard InChI is InChI=1S/C16H27NO/c1-13-5-7-14(8-6-13)11-15(12-17)9-10-16(2,3)18-4/h5-8,15H,9-12,17H2,1-4H3. The maximum Gasteiger partial charge on any atom is 0.0622 e. The van der Waals surface area contributed by atoms with Crippen LogP contribution in [-0.4, -0.2) is 19.3 Å². The van der Waals surface area contributed by atoms with Gasteiger partial charge in [0, 0.05) is 7.11 Å². The molecule has 2 N–H and O–H groups in total. The summed E-state index contributed by atoms with van der Waals surface area (Å²) in [6, 6.07) is 8.75. The number of hydrogen-bond acceptors (Lipinski definition) is 2. The highest BCUT2D eigenvalue weighted by Gasteiger charge is 2.18. The minimum atomic E-state index is -0.0410. The van der Waals surface area contributed by atoms with Gasteiger partial charge in [0.1, 0.15) is 0 Å². The zero-order valence-electron chi connectivity index (χ0n) is 12.2. The van der Waals surface area contributed by atoms with Crippen LogP contribution in [0.3, 0.4) is 0 Å². The van der Waals surface area contributed by atoms with E-state index in [1.54, 1.807) is 7.11 Å². The Morgan fingerprint density at radius 2 is 1.83 bits per heavy atom. The van der Waals surface area contributed by atoms with Gasteiger partial charge in [-0.15, -0.1) is 0 Å². The SMILES string of the molecule is COC(C)(C)CCC(CN)Cc1ccc(C)cc1. The molecule has 1 aromatic rings. The van der Waals surface area contributed by atoms with Gasteiger partial charge < -0.3 is 10.5 Å². The Hall–Kier alpha value is -0.860. The lowest BCUT2D eigenvalue weighted by molar-refractivity contribution is 0.0106. The Bertz CT molecular complexity index is 343. The topological polar surface area (TPSA) is 35.2 Å². The van der Waals surface area contributed by atoms with Crippen molar-refractivity contribution in [1.29, 1.82) is 0 Å². The number of nitrogens with two attached hydrogens (primary N) is 1. The molecule has 0 aliphatic rings. The first-order valence-electron chi connectivity index (χ1n) is 6.77. The van der Waals surface area contributed by atoms with Crippen LogP contribution < -0.4 is 5.73 Å². The lowest BCUT2D eigenvalue weighted by atomic mass is 9.90. The molecular weight excluding hydrogens is 222 g/mol. The fourth-order valence-corrected chi connectivity index (χ4v) is 2.01. The molecule has 1 unspecified atom stereocenters. The molecule has 0 fully saturated rings. The number of methoxy groups -OCH3 is 1. The molecule has 0 saturated heterocycles. The highest BCUT2D eigenvalue weighted by Crippen LogP contribution is 2.21. The zero-order valence-corrected chi connectivity index (χ0v) is 12.2. The van der Waals surface area contributed by atoms with Crippen LogP contribution in [0.1, 0.15) is 37.8 Å². The Morgan fingerprint density at radius 1 is 1.22 bits per heavy atom. The van der Waals surface area contributed by atoms with E-state index >= 15 is 0 Å². The van der Waals surface area contributed by atoms with E-state index < -0.39 is 0 Å². The van der Waals surface area contributed by atoms with E-state index in [0.717, 1.165) is 25.8 Å². The number of aryl methyl sites for hydroxylation is 1. The van der Waals surface area contributed by atoms with E-state index in [4.69, 9.17) is 10.5 Å². The molecule has 2 nitrogen and oxygen atoms in total. The van der Waals surface area contributed by atoms with Gasteiger partial charge >= 0.3 is 0 Å². The van der Waals surface area contributed by atoms with Gasteiger partial charge in [-0.25, -0.2) is 0 Å². The first-order valence-corrected chi connectivity index (χ1v) is 6.77. The van der Waals surface area contributed by atoms with Crippen molar-refractivity contribution in [2.45, 2.75) is 45.6 Å². The molecule has 1 aromatic carbocycles. The van der Waals surface area contributed by atoms with Gasteiger partial charge in [-0.1, -0.05) is 29.8 Å². The molecule has 2 heteroatoms. The van der Waals surface area contributed by atoms with Crippen LogP contribution in [0, 0.1) is 12.8 Å². The van der Waals surface area contributed by atoms with Gasteiger partial charge in [0.2, 0.25) is 0 Å². The van der Waals surface area contributed by atoms with E-state index in [1.165, 1.54) is 11.1 Å². The molecule has 1 rings (SSSR count). The van der Waals surface area contributed by atoms with Crippen molar-refractivity contribution >= 4 is 0 Å². The summed E-state index contributed by atoms with van der Waals surface area (Å²) in [6.45, 7) is 7.12. The fourth-order valence-electron chi connectivity index (χ4n) is 2.01. The third kappa shape index (κ3) is 5.19. The Labute approximate surface area is 112 Å². The summed E-state index contributed by atoms with van der Waals surface area (Å²) >= 11 is 0. The minimum absolute atomic E-state index is 0.0410. The molecule has 0 bridgehead atoms. The Morgan fingerprint density at radius 3 is 2.33 bits per heavy atom. The maximum absolute atomic E-state index is 5.88. The van der Waals surface area contributed by atoms with Crippen LogP contribution >= 0.6 is 0 Å². The molecule has 0 aliphatic carbocycles. The van der Waals surface area contributed by atoms with Gasteiger partial charge in [0.15, 0.2) is 0 Å². The van der Waals surface area contributed by atoms with Gasteiger partial charge in [-0.3, -0.25) is 0 Å². The van der Waals surface area contributed by atoms with Crippen LogP contribution in [0.4, 0.5) is 0 Å². The van der Waals surface area contributed by atoms with E-state index in [9.17, 15) is 0 Å². The third-order valence-electron chi connectivity index (χ3n) is 3.69. The molecule has 18 heavy (non-hydrogen) atoms. The van der Waals surface area contributed by atoms with Gasteiger partial charge in [0.05, 0.1) is 5.60 Å². The molecule has 0 saturated carbocycles. The number of benzene rings is 1. The second-order valence-corrected chi connectivity index (χ2v) is 5.79. The quantitative estimate of drug-likeness (QED) is 0.804. The van der Waals surface area contributed by atoms with Crippen LogP contribution in [0.2, 0.25) is 0 Å². The van der Waals surface area contributed by atoms with E-state index in [1.807, 2.05) is 0 Å². The fraction of sp³-hybridized carbons (Fsp3) is 0.625. The van der Waals surface area contributed by atoms with Crippen molar-refractivity contribution in [3.63, 3.8) is 0 Å². The summed E-state index contributed by atoms with van der Waals surface area (Å²) in [5.41, 5.74) is 8.53. The lowest BCUT2D eigenvalue weighted by Gasteiger charge is -2.25. The van der Waals surface area contributed by atoms with Crippen molar-refractivity contribution < 1.29 is 4.74 Å². The van der Waals surface area contributed by atoms with Crippen molar-refractivity contribution in [3.8, 4) is 0 Å². The highest BCUT2D eigenvalue weighted by molar-refractivity contribution is 5.21. The predicted octanol–water partition coefficient (Wildman–Crippen LogP) is 3.32. The van der Waals surface area contributed by atoms with E-state index in [2.05, 4.69) is 45.0 Å². The monoisotopic (exact) mass is 249 g/mol. The lowest BCUT2D eigenvalue weighted by Crippen LogP contribution is -2.26. The second kappa shape index (κ2) is 6.91. The zero-order chi connectivity index (χ0) is 13.6. The summed E-state index contributed by atoms with van der Waals surface area (Å²) in [6.07, 6.45) is 3.24. The van der Waals surface area contributed by atoms with Gasteiger partial charge in [0.25, 0.3) is 0 Å². The first-order chi connectivity index (χ1) is 8.46. The summed E-state index contributed by atoms with van der Waals surface area (Å²) < 4.78 is 5.46. The summed E-state index contributed by atoms with van der Waals surface area (Å²) in [7, 11) is 1.78. The van der Waals surface area contributed by atoms with E-state index in [-0.39, 0.29) is 5.60 Å². The normalized spacial score (nSPS) is 13.6. The van der Waals surface area contributed by atoms with Crippen molar-refractivity contribution in [2.24, 2.45) is 11.7 Å². The Balaban J connectivity index is 2.49. The van der Waals surface area contributed by atoms with E-state index in [0.29, 0.717) is 5.92 Å². The molecule has 0 amide bonds. The van der Waals surface area contributed by atoms with Crippen LogP contribution in [0.15, 0.2) is 24.3 Å². The summed E-state index contributed by atoms with van der Waals surface area (Å²) in [4.78, 5) is 0. The molecular formula is C16H27NO. The van der Waals surface area contributed by atoms with Crippen molar-refractivity contribution in [1.82, 2.24) is 0 Å². The van der Waals surface area contributed by atoms with Crippen LogP contribution in [0.25, 0.3) is 0 Å². The van der Waals surface area contributed by atoms with Crippen LogP contribution in [0.5, 0.6) is 0 Å². The molecule has 102 valence electrons. The van der Waals surface area contributed by atoms with Crippen molar-refractivity contribution in [3.05, 3.63) is 35.4 Å². The average Bonchev–Trinajstić information content (AvgIpc) is 2.37. The molecule has 0 radical (unpaired) electrons. The molecule has 1 atom stereocenters. The minimum Gasteiger partial charge on any atom is -0.379 e. The molecule has 0 aliphatic heterocycles. The highest BCUT2D eigenvalue weighted by atomic mass is 16.5. The molecule has 0 aromatic heterocycles. The second-order valence-electron chi connectivity index (χ2n) is 5.79. The number of rotatable bonds is 7. The summed E-state index contributed by atoms with van der Waals surface area (Å²) in [5, 5.41) is 0. The molecule has 0 heterocycles. The molecule has 0 spiro atoms. The smallest absolute Gasteiger partial charge is 0.0622 e. The first kappa shape index (κ1) is 15.2. The number of ether oxygens (including phenoxy) is 1. The average molecular weight is 249 g/mol. The van der Waals surface area contributed by atoms with Gasteiger partial charge in [-0.05, 0) is 58.1 Å². The Kier molecular flexibility index (Phi) is 5.83. The van der Waals surface area contributed by atoms with Crippen LogP contribution in [-0.2, 0) is 11.2 Å². The van der Waals surface area contributed by atoms with Gasteiger partial charge in [-0.2, -0.15) is 0 Å². The van der Waals surface area contributed by atoms with Crippen molar-refractivity contribution in [2.75, 3.05) is 13.7 Å². The third-order valence-corrected chi connectivity index (χ3v) is 3.69. The largest absolute Gasteiger partial charge is 0.379 e. The predicted molar refractivity (Wildman–Crippen MR) is 77.7 cm³/mol. The number of hydrogen-bond donors (Lipinski definition) is 1. The summed E-state index contributed by atoms with van der Waals surface area (Å²) in [5.74, 6) is 0.544.